The van der Waals surface area contributed by atoms with E-state index >= 15 is 0 Å². The summed E-state index contributed by atoms with van der Waals surface area (Å²) in [7, 11) is -3.93. The van der Waals surface area contributed by atoms with Crippen molar-refractivity contribution in [1.29, 1.82) is 0 Å². The average molecular weight is 538 g/mol. The van der Waals surface area contributed by atoms with Gasteiger partial charge in [0.05, 0.1) is 9.82 Å². The Labute approximate surface area is 217 Å². The SMILES string of the molecule is Cc1cc(C)nc(NS(=O)(=O)c2ccc(NC(=O)c3ccc(COc4ccc([N+](=O)[O-])c(C)c4)o3)cc2)n1. The van der Waals surface area contributed by atoms with Crippen molar-refractivity contribution in [3.8, 4) is 5.75 Å². The normalized spacial score (nSPS) is 11.1. The van der Waals surface area contributed by atoms with Crippen molar-refractivity contribution in [2.24, 2.45) is 0 Å². The third-order valence-corrected chi connectivity index (χ3v) is 6.61. The fraction of sp³-hybridized carbons (Fsp3) is 0.160. The number of carbonyl (C=O) groups is 1. The van der Waals surface area contributed by atoms with Crippen LogP contribution in [0.4, 0.5) is 17.3 Å². The number of nitrogens with one attached hydrogen (secondary N) is 2. The molecule has 0 aliphatic carbocycles. The second-order valence-corrected chi connectivity index (χ2v) is 10.0. The van der Waals surface area contributed by atoms with Crippen LogP contribution in [0.5, 0.6) is 5.75 Å². The van der Waals surface area contributed by atoms with E-state index in [0.29, 0.717) is 34.1 Å². The summed E-state index contributed by atoms with van der Waals surface area (Å²) in [5.74, 6) is 0.242. The third kappa shape index (κ3) is 6.31. The van der Waals surface area contributed by atoms with E-state index in [9.17, 15) is 23.3 Å². The van der Waals surface area contributed by atoms with Gasteiger partial charge in [-0.2, -0.15) is 0 Å². The highest BCUT2D eigenvalue weighted by Crippen LogP contribution is 2.24. The molecule has 0 atom stereocenters. The molecular weight excluding hydrogens is 514 g/mol. The van der Waals surface area contributed by atoms with Gasteiger partial charge in [-0.1, -0.05) is 0 Å². The number of carbonyl (C=O) groups excluding carboxylic acids is 1. The monoisotopic (exact) mass is 537 g/mol. The summed E-state index contributed by atoms with van der Waals surface area (Å²) in [6, 6.07) is 14.7. The number of benzene rings is 2. The fourth-order valence-corrected chi connectivity index (χ4v) is 4.46. The van der Waals surface area contributed by atoms with Crippen molar-refractivity contribution in [3.05, 3.63) is 99.2 Å². The lowest BCUT2D eigenvalue weighted by molar-refractivity contribution is -0.385. The molecule has 2 aromatic carbocycles. The van der Waals surface area contributed by atoms with E-state index in [0.717, 1.165) is 0 Å². The molecule has 196 valence electrons. The number of nitro benzene ring substituents is 1. The van der Waals surface area contributed by atoms with Crippen LogP contribution < -0.4 is 14.8 Å². The number of nitro groups is 1. The molecule has 0 aliphatic rings. The Morgan fingerprint density at radius 2 is 1.68 bits per heavy atom. The molecule has 0 aliphatic heterocycles. The highest BCUT2D eigenvalue weighted by Gasteiger charge is 2.18. The number of rotatable bonds is 9. The maximum atomic E-state index is 12.7. The first kappa shape index (κ1) is 26.3. The van der Waals surface area contributed by atoms with Crippen LogP contribution in [0, 0.1) is 30.9 Å². The van der Waals surface area contributed by atoms with E-state index in [-0.39, 0.29) is 28.9 Å². The number of nitrogens with zero attached hydrogens (tertiary/aromatic N) is 3. The fourth-order valence-electron chi connectivity index (χ4n) is 3.52. The van der Waals surface area contributed by atoms with Gasteiger partial charge in [0.15, 0.2) is 5.76 Å². The van der Waals surface area contributed by atoms with E-state index in [1.165, 1.54) is 42.5 Å². The van der Waals surface area contributed by atoms with Crippen molar-refractivity contribution < 1.29 is 27.3 Å². The maximum absolute atomic E-state index is 12.7. The highest BCUT2D eigenvalue weighted by molar-refractivity contribution is 7.92. The Bertz CT molecular complexity index is 1600. The minimum absolute atomic E-state index is 0.00780. The lowest BCUT2D eigenvalue weighted by Gasteiger charge is -2.09. The molecule has 0 bridgehead atoms. The predicted octanol–water partition coefficient (Wildman–Crippen LogP) is 4.54. The van der Waals surface area contributed by atoms with E-state index in [1.807, 2.05) is 0 Å². The van der Waals surface area contributed by atoms with Crippen molar-refractivity contribution in [1.82, 2.24) is 9.97 Å². The van der Waals surface area contributed by atoms with Crippen molar-refractivity contribution in [3.63, 3.8) is 0 Å². The molecule has 4 aromatic rings. The number of furan rings is 1. The molecule has 2 N–H and O–H groups in total. The molecule has 0 radical (unpaired) electrons. The Morgan fingerprint density at radius 1 is 1.00 bits per heavy atom. The zero-order valence-electron chi connectivity index (χ0n) is 20.6. The van der Waals surface area contributed by atoms with Crippen LogP contribution in [-0.4, -0.2) is 29.2 Å². The third-order valence-electron chi connectivity index (χ3n) is 5.26. The molecule has 2 heterocycles. The smallest absolute Gasteiger partial charge is 0.291 e. The molecule has 2 aromatic heterocycles. The first-order valence-corrected chi connectivity index (χ1v) is 12.7. The van der Waals surface area contributed by atoms with Crippen LogP contribution in [0.2, 0.25) is 0 Å². The molecule has 0 spiro atoms. The van der Waals surface area contributed by atoms with Gasteiger partial charge in [-0.25, -0.2) is 23.1 Å². The minimum Gasteiger partial charge on any atom is -0.486 e. The van der Waals surface area contributed by atoms with Crippen LogP contribution in [-0.2, 0) is 16.6 Å². The number of aromatic nitrogens is 2. The summed E-state index contributed by atoms with van der Waals surface area (Å²) in [5.41, 5.74) is 2.06. The first-order chi connectivity index (χ1) is 18.0. The van der Waals surface area contributed by atoms with Gasteiger partial charge in [0.25, 0.3) is 21.6 Å². The predicted molar refractivity (Wildman–Crippen MR) is 138 cm³/mol. The largest absolute Gasteiger partial charge is 0.486 e. The van der Waals surface area contributed by atoms with Gasteiger partial charge < -0.3 is 14.5 Å². The van der Waals surface area contributed by atoms with Gasteiger partial charge >= 0.3 is 0 Å². The van der Waals surface area contributed by atoms with Crippen LogP contribution in [0.15, 0.2) is 70.0 Å². The van der Waals surface area contributed by atoms with Crippen molar-refractivity contribution in [2.75, 3.05) is 10.0 Å². The summed E-state index contributed by atoms with van der Waals surface area (Å²) in [6.07, 6.45) is 0. The summed E-state index contributed by atoms with van der Waals surface area (Å²) >= 11 is 0. The zero-order chi connectivity index (χ0) is 27.4. The lowest BCUT2D eigenvalue weighted by atomic mass is 10.2. The highest BCUT2D eigenvalue weighted by atomic mass is 32.2. The molecule has 0 saturated carbocycles. The van der Waals surface area contributed by atoms with Gasteiger partial charge in [-0.15, -0.1) is 0 Å². The Hall–Kier alpha value is -4.78. The quantitative estimate of drug-likeness (QED) is 0.230. The van der Waals surface area contributed by atoms with E-state index in [1.54, 1.807) is 39.0 Å². The van der Waals surface area contributed by atoms with E-state index in [2.05, 4.69) is 20.0 Å². The summed E-state index contributed by atoms with van der Waals surface area (Å²) in [5, 5.41) is 13.6. The molecule has 13 heteroatoms. The summed E-state index contributed by atoms with van der Waals surface area (Å²) in [4.78, 5) is 31.2. The first-order valence-electron chi connectivity index (χ1n) is 11.2. The number of hydrogen-bond acceptors (Lipinski definition) is 9. The molecule has 0 unspecified atom stereocenters. The topological polar surface area (TPSA) is 167 Å². The number of amides is 1. The van der Waals surface area contributed by atoms with Crippen molar-refractivity contribution >= 4 is 33.3 Å². The van der Waals surface area contributed by atoms with Crippen LogP contribution in [0.25, 0.3) is 0 Å². The van der Waals surface area contributed by atoms with Gasteiger partial charge in [0.2, 0.25) is 5.95 Å². The van der Waals surface area contributed by atoms with Gasteiger partial charge in [0.1, 0.15) is 18.1 Å². The molecule has 12 nitrogen and oxygen atoms in total. The molecular formula is C25H23N5O7S. The zero-order valence-corrected chi connectivity index (χ0v) is 21.4. The molecule has 0 saturated heterocycles. The maximum Gasteiger partial charge on any atom is 0.291 e. The Balaban J connectivity index is 1.36. The van der Waals surface area contributed by atoms with Gasteiger partial charge in [-0.05, 0) is 75.4 Å². The second-order valence-electron chi connectivity index (χ2n) is 8.32. The standard InChI is InChI=1S/C25H23N5O7S/c1-15-12-19(6-10-22(15)30(32)33)36-14-20-7-11-23(37-20)24(31)28-18-4-8-21(9-5-18)38(34,35)29-25-26-16(2)13-17(3)27-25/h4-13H,14H2,1-3H3,(H,28,31)(H,26,27,29). The molecule has 4 rings (SSSR count). The van der Waals surface area contributed by atoms with Crippen LogP contribution >= 0.6 is 0 Å². The van der Waals surface area contributed by atoms with Crippen LogP contribution in [0.1, 0.15) is 33.3 Å². The number of anilines is 2. The second kappa shape index (κ2) is 10.7. The summed E-state index contributed by atoms with van der Waals surface area (Å²) in [6.45, 7) is 5.09. The molecule has 38 heavy (non-hydrogen) atoms. The average Bonchev–Trinajstić information content (AvgIpc) is 3.31. The van der Waals surface area contributed by atoms with E-state index in [4.69, 9.17) is 9.15 Å². The summed E-state index contributed by atoms with van der Waals surface area (Å²) < 4.78 is 38.8. The number of ether oxygens (including phenoxy) is 1. The minimum atomic E-state index is -3.93. The van der Waals surface area contributed by atoms with E-state index < -0.39 is 20.9 Å². The van der Waals surface area contributed by atoms with Gasteiger partial charge in [0, 0.05) is 28.7 Å². The lowest BCUT2D eigenvalue weighted by Crippen LogP contribution is -2.16. The Morgan fingerprint density at radius 3 is 2.32 bits per heavy atom. The number of aryl methyl sites for hydroxylation is 3. The molecule has 1 amide bonds. The van der Waals surface area contributed by atoms with Gasteiger partial charge in [-0.3, -0.25) is 14.9 Å². The van der Waals surface area contributed by atoms with Crippen molar-refractivity contribution in [2.45, 2.75) is 32.3 Å². The molecule has 0 fully saturated rings. The number of hydrogen-bond donors (Lipinski definition) is 2. The van der Waals surface area contributed by atoms with Crippen LogP contribution in [0.3, 0.4) is 0 Å². The Kier molecular flexibility index (Phi) is 7.39. The number of sulfonamides is 1.